The molecule has 1 aliphatic rings. The minimum atomic E-state index is -0.207. The molecule has 0 atom stereocenters. The Morgan fingerprint density at radius 3 is 2.31 bits per heavy atom. The molecule has 1 aromatic heterocycles. The summed E-state index contributed by atoms with van der Waals surface area (Å²) >= 11 is 0. The fourth-order valence-electron chi connectivity index (χ4n) is 3.87. The molecule has 0 spiro atoms. The molecule has 3 nitrogen and oxygen atoms in total. The summed E-state index contributed by atoms with van der Waals surface area (Å²) in [5.41, 5.74) is 3.69. The Kier molecular flexibility index (Phi) is 8.33. The molecular formula is C25H34FNO2. The second-order valence-electron chi connectivity index (χ2n) is 7.87. The summed E-state index contributed by atoms with van der Waals surface area (Å²) in [4.78, 5) is 4.67. The lowest BCUT2D eigenvalue weighted by Crippen LogP contribution is -2.11. The van der Waals surface area contributed by atoms with Crippen molar-refractivity contribution in [1.82, 2.24) is 4.98 Å². The normalized spacial score (nSPS) is 12.4. The second-order valence-corrected chi connectivity index (χ2v) is 7.87. The molecule has 3 rings (SSSR count). The van der Waals surface area contributed by atoms with Crippen LogP contribution in [0.15, 0.2) is 24.3 Å². The van der Waals surface area contributed by atoms with Gasteiger partial charge in [-0.1, -0.05) is 58.4 Å². The molecule has 1 aromatic carbocycles. The van der Waals surface area contributed by atoms with Gasteiger partial charge in [-0.3, -0.25) is 0 Å². The van der Waals surface area contributed by atoms with Crippen molar-refractivity contribution in [3.63, 3.8) is 0 Å². The van der Waals surface area contributed by atoms with Crippen LogP contribution >= 0.6 is 0 Å². The molecule has 0 saturated heterocycles. The van der Waals surface area contributed by atoms with Gasteiger partial charge in [0.2, 0.25) is 5.88 Å². The third-order valence-corrected chi connectivity index (χ3v) is 5.56. The number of hydrogen-bond donors (Lipinski definition) is 0. The summed E-state index contributed by atoms with van der Waals surface area (Å²) in [5.74, 6) is 0.847. The summed E-state index contributed by atoms with van der Waals surface area (Å²) < 4.78 is 26.5. The Balaban J connectivity index is 1.64. The Morgan fingerprint density at radius 1 is 0.793 bits per heavy atom. The van der Waals surface area contributed by atoms with E-state index in [0.717, 1.165) is 48.1 Å². The molecule has 158 valence electrons. The van der Waals surface area contributed by atoms with Crippen molar-refractivity contribution >= 4 is 0 Å². The first-order chi connectivity index (χ1) is 14.2. The minimum absolute atomic E-state index is 0.207. The van der Waals surface area contributed by atoms with E-state index in [-0.39, 0.29) is 5.82 Å². The van der Waals surface area contributed by atoms with Crippen molar-refractivity contribution in [2.75, 3.05) is 13.2 Å². The van der Waals surface area contributed by atoms with Gasteiger partial charge in [0.05, 0.1) is 18.9 Å². The van der Waals surface area contributed by atoms with Crippen LogP contribution in [0.2, 0.25) is 0 Å². The van der Waals surface area contributed by atoms with Crippen LogP contribution in [0, 0.1) is 5.82 Å². The van der Waals surface area contributed by atoms with Crippen LogP contribution in [0.4, 0.5) is 4.39 Å². The number of unbranched alkanes of at least 4 members (excludes halogenated alkanes) is 6. The van der Waals surface area contributed by atoms with Crippen molar-refractivity contribution in [3.8, 4) is 22.8 Å². The average Bonchev–Trinajstić information content (AvgIpc) is 2.74. The highest BCUT2D eigenvalue weighted by Gasteiger charge is 2.23. The van der Waals surface area contributed by atoms with Gasteiger partial charge in [0, 0.05) is 11.6 Å². The number of halogens is 1. The van der Waals surface area contributed by atoms with Crippen molar-refractivity contribution in [2.45, 2.75) is 78.1 Å². The third kappa shape index (κ3) is 5.71. The molecule has 29 heavy (non-hydrogen) atoms. The molecule has 2 aromatic rings. The zero-order chi connectivity index (χ0) is 20.5. The van der Waals surface area contributed by atoms with Gasteiger partial charge in [0.15, 0.2) is 11.6 Å². The Labute approximate surface area is 174 Å². The lowest BCUT2D eigenvalue weighted by Gasteiger charge is -2.21. The zero-order valence-corrected chi connectivity index (χ0v) is 17.9. The van der Waals surface area contributed by atoms with Gasteiger partial charge >= 0.3 is 0 Å². The van der Waals surface area contributed by atoms with Crippen LogP contribution in [0.3, 0.4) is 0 Å². The van der Waals surface area contributed by atoms with E-state index in [4.69, 9.17) is 9.47 Å². The number of pyridine rings is 1. The minimum Gasteiger partial charge on any atom is -0.491 e. The van der Waals surface area contributed by atoms with Crippen molar-refractivity contribution in [1.29, 1.82) is 0 Å². The molecule has 0 aliphatic heterocycles. The second kappa shape index (κ2) is 11.2. The first kappa shape index (κ1) is 21.6. The smallest absolute Gasteiger partial charge is 0.213 e. The number of fused-ring (bicyclic) bond motifs is 3. The van der Waals surface area contributed by atoms with E-state index in [1.165, 1.54) is 32.1 Å². The van der Waals surface area contributed by atoms with Crippen molar-refractivity contribution in [2.24, 2.45) is 0 Å². The summed E-state index contributed by atoms with van der Waals surface area (Å²) in [5, 5.41) is 0. The molecule has 0 saturated carbocycles. The number of nitrogens with zero attached hydrogens (tertiary/aromatic N) is 1. The first-order valence-corrected chi connectivity index (χ1v) is 11.3. The molecule has 0 fully saturated rings. The van der Waals surface area contributed by atoms with Gasteiger partial charge in [-0.2, -0.15) is 0 Å². The predicted octanol–water partition coefficient (Wildman–Crippen LogP) is 6.90. The highest BCUT2D eigenvalue weighted by atomic mass is 19.1. The standard InChI is InChI=1S/C25H34FNO2/c1-3-5-7-8-10-17-28-23-15-12-19-20-13-16-24(29-18-9-6-4-2)27-22(20)14-11-21(19)25(23)26/h12-13,15-16H,3-11,14,17-18H2,1-2H3. The lowest BCUT2D eigenvalue weighted by atomic mass is 9.88. The summed E-state index contributed by atoms with van der Waals surface area (Å²) in [6, 6.07) is 7.67. The van der Waals surface area contributed by atoms with E-state index in [1.54, 1.807) is 6.07 Å². The average molecular weight is 400 g/mol. The predicted molar refractivity (Wildman–Crippen MR) is 116 cm³/mol. The molecule has 0 N–H and O–H groups in total. The van der Waals surface area contributed by atoms with Crippen LogP contribution < -0.4 is 9.47 Å². The maximum absolute atomic E-state index is 15.0. The van der Waals surface area contributed by atoms with Gasteiger partial charge in [-0.15, -0.1) is 0 Å². The summed E-state index contributed by atoms with van der Waals surface area (Å²) in [7, 11) is 0. The number of benzene rings is 1. The van der Waals surface area contributed by atoms with Crippen molar-refractivity contribution < 1.29 is 13.9 Å². The highest BCUT2D eigenvalue weighted by molar-refractivity contribution is 5.73. The summed E-state index contributed by atoms with van der Waals surface area (Å²) in [6.07, 6.45) is 10.6. The van der Waals surface area contributed by atoms with E-state index in [1.807, 2.05) is 18.2 Å². The van der Waals surface area contributed by atoms with Crippen molar-refractivity contribution in [3.05, 3.63) is 41.3 Å². The Bertz CT molecular complexity index is 791. The maximum atomic E-state index is 15.0. The topological polar surface area (TPSA) is 31.4 Å². The van der Waals surface area contributed by atoms with Gasteiger partial charge in [0.1, 0.15) is 0 Å². The molecule has 0 bridgehead atoms. The van der Waals surface area contributed by atoms with Crippen LogP contribution in [0.5, 0.6) is 11.6 Å². The molecular weight excluding hydrogens is 365 g/mol. The SMILES string of the molecule is CCCCCCCOc1ccc2c(c1F)CCc1nc(OCCCCC)ccc1-2. The Hall–Kier alpha value is -2.10. The monoisotopic (exact) mass is 399 g/mol. The van der Waals surface area contributed by atoms with E-state index in [9.17, 15) is 0 Å². The fraction of sp³-hybridized carbons (Fsp3) is 0.560. The van der Waals surface area contributed by atoms with Gasteiger partial charge < -0.3 is 9.47 Å². The van der Waals surface area contributed by atoms with E-state index in [2.05, 4.69) is 18.8 Å². The molecule has 1 heterocycles. The zero-order valence-electron chi connectivity index (χ0n) is 17.9. The van der Waals surface area contributed by atoms with Gasteiger partial charge in [-0.05, 0) is 48.9 Å². The molecule has 0 radical (unpaired) electrons. The third-order valence-electron chi connectivity index (χ3n) is 5.56. The molecule has 0 amide bonds. The van der Waals surface area contributed by atoms with Crippen LogP contribution in [0.1, 0.15) is 76.5 Å². The molecule has 1 aliphatic carbocycles. The number of aryl methyl sites for hydroxylation is 1. The quantitative estimate of drug-likeness (QED) is 0.364. The Morgan fingerprint density at radius 2 is 1.48 bits per heavy atom. The number of ether oxygens (including phenoxy) is 2. The number of aromatic nitrogens is 1. The van der Waals surface area contributed by atoms with E-state index in [0.29, 0.717) is 31.3 Å². The van der Waals surface area contributed by atoms with Gasteiger partial charge in [0.25, 0.3) is 0 Å². The van der Waals surface area contributed by atoms with E-state index < -0.39 is 0 Å². The van der Waals surface area contributed by atoms with Crippen LogP contribution in [0.25, 0.3) is 11.1 Å². The number of rotatable bonds is 12. The lowest BCUT2D eigenvalue weighted by molar-refractivity contribution is 0.289. The van der Waals surface area contributed by atoms with E-state index >= 15 is 4.39 Å². The first-order valence-electron chi connectivity index (χ1n) is 11.3. The van der Waals surface area contributed by atoms with Crippen LogP contribution in [-0.2, 0) is 12.8 Å². The highest BCUT2D eigenvalue weighted by Crippen LogP contribution is 2.38. The van der Waals surface area contributed by atoms with Gasteiger partial charge in [-0.25, -0.2) is 9.37 Å². The van der Waals surface area contributed by atoms with Crippen LogP contribution in [-0.4, -0.2) is 18.2 Å². The maximum Gasteiger partial charge on any atom is 0.213 e. The fourth-order valence-corrected chi connectivity index (χ4v) is 3.87. The molecule has 4 heteroatoms. The molecule has 0 unspecified atom stereocenters. The largest absolute Gasteiger partial charge is 0.491 e. The summed E-state index contributed by atoms with van der Waals surface area (Å²) in [6.45, 7) is 5.66. The number of hydrogen-bond acceptors (Lipinski definition) is 3.